The van der Waals surface area contributed by atoms with Gasteiger partial charge in [0.25, 0.3) is 0 Å². The van der Waals surface area contributed by atoms with Crippen LogP contribution < -0.4 is 10.6 Å². The monoisotopic (exact) mass is 299 g/mol. The topological polar surface area (TPSA) is 98.7 Å². The van der Waals surface area contributed by atoms with Crippen LogP contribution >= 0.6 is 0 Å². The van der Waals surface area contributed by atoms with E-state index in [1.807, 2.05) is 0 Å². The van der Waals surface area contributed by atoms with Crippen molar-refractivity contribution in [2.45, 2.75) is 57.0 Å². The number of likely N-dealkylation sites (N-methyl/N-ethyl adjacent to an activating group) is 1. The fraction of sp³-hybridized carbons (Fsp3) is 0.786. The average molecular weight is 299 g/mol. The highest BCUT2D eigenvalue weighted by atomic mass is 16.4. The summed E-state index contributed by atoms with van der Waals surface area (Å²) in [5, 5.41) is 14.6. The number of amides is 3. The predicted molar refractivity (Wildman–Crippen MR) is 77.9 cm³/mol. The van der Waals surface area contributed by atoms with Crippen molar-refractivity contribution in [1.29, 1.82) is 0 Å². The molecular weight excluding hydrogens is 274 g/mol. The Labute approximate surface area is 125 Å². The van der Waals surface area contributed by atoms with Gasteiger partial charge in [-0.25, -0.2) is 9.59 Å². The molecule has 21 heavy (non-hydrogen) atoms. The lowest BCUT2D eigenvalue weighted by atomic mass is 9.90. The summed E-state index contributed by atoms with van der Waals surface area (Å²) < 4.78 is 0. The van der Waals surface area contributed by atoms with Crippen molar-refractivity contribution in [2.24, 2.45) is 0 Å². The Bertz CT molecular complexity index is 401. The van der Waals surface area contributed by atoms with Gasteiger partial charge in [-0.1, -0.05) is 25.7 Å². The molecule has 0 heterocycles. The zero-order valence-corrected chi connectivity index (χ0v) is 12.9. The fourth-order valence-corrected chi connectivity index (χ4v) is 2.62. The maximum absolute atomic E-state index is 12.0. The Balaban J connectivity index is 2.69. The Morgan fingerprint density at radius 1 is 1.10 bits per heavy atom. The summed E-state index contributed by atoms with van der Waals surface area (Å²) in [7, 11) is 3.20. The Morgan fingerprint density at radius 3 is 2.05 bits per heavy atom. The Morgan fingerprint density at radius 2 is 1.62 bits per heavy atom. The number of carbonyl (C=O) groups excluding carboxylic acids is 2. The first-order chi connectivity index (χ1) is 9.78. The fourth-order valence-electron chi connectivity index (χ4n) is 2.62. The maximum atomic E-state index is 12.0. The minimum atomic E-state index is -1.22. The lowest BCUT2D eigenvalue weighted by Gasteiger charge is -2.30. The lowest BCUT2D eigenvalue weighted by molar-refractivity contribution is -0.145. The zero-order chi connectivity index (χ0) is 16.0. The maximum Gasteiger partial charge on any atom is 0.329 e. The van der Waals surface area contributed by atoms with E-state index >= 15 is 0 Å². The molecule has 0 radical (unpaired) electrons. The van der Waals surface area contributed by atoms with Crippen molar-refractivity contribution in [3.05, 3.63) is 0 Å². The number of carbonyl (C=O) groups is 3. The van der Waals surface area contributed by atoms with Gasteiger partial charge in [-0.05, 0) is 19.8 Å². The molecule has 120 valence electrons. The summed E-state index contributed by atoms with van der Waals surface area (Å²) in [4.78, 5) is 36.7. The van der Waals surface area contributed by atoms with Gasteiger partial charge in [0, 0.05) is 14.1 Å². The zero-order valence-electron chi connectivity index (χ0n) is 12.9. The first-order valence-electron chi connectivity index (χ1n) is 7.32. The number of hydrogen-bond donors (Lipinski definition) is 3. The van der Waals surface area contributed by atoms with E-state index in [0.717, 1.165) is 25.7 Å². The quantitative estimate of drug-likeness (QED) is 0.673. The van der Waals surface area contributed by atoms with E-state index in [2.05, 4.69) is 10.6 Å². The number of urea groups is 1. The minimum Gasteiger partial charge on any atom is -0.480 e. The molecular formula is C14H25N3O4. The second-order valence-electron chi connectivity index (χ2n) is 5.85. The molecule has 1 saturated carbocycles. The molecule has 7 nitrogen and oxygen atoms in total. The molecule has 3 N–H and O–H groups in total. The van der Waals surface area contributed by atoms with Gasteiger partial charge in [0.2, 0.25) is 5.91 Å². The van der Waals surface area contributed by atoms with Gasteiger partial charge in [-0.3, -0.25) is 4.79 Å². The van der Waals surface area contributed by atoms with Crippen molar-refractivity contribution < 1.29 is 19.5 Å². The van der Waals surface area contributed by atoms with Crippen molar-refractivity contribution in [2.75, 3.05) is 14.1 Å². The van der Waals surface area contributed by atoms with E-state index in [1.165, 1.54) is 4.90 Å². The third-order valence-electron chi connectivity index (χ3n) is 3.88. The molecule has 1 atom stereocenters. The van der Waals surface area contributed by atoms with Crippen LogP contribution in [0.3, 0.4) is 0 Å². The Hall–Kier alpha value is -1.79. The van der Waals surface area contributed by atoms with E-state index in [-0.39, 0.29) is 5.91 Å². The number of hydrogen-bond acceptors (Lipinski definition) is 3. The van der Waals surface area contributed by atoms with E-state index < -0.39 is 23.6 Å². The highest BCUT2D eigenvalue weighted by Gasteiger charge is 2.40. The van der Waals surface area contributed by atoms with Crippen LogP contribution in [-0.2, 0) is 9.59 Å². The first-order valence-corrected chi connectivity index (χ1v) is 7.32. The standard InChI is InChI=1S/C14H25N3O4/c1-10(11(18)17(2)3)15-13(21)16-14(12(19)20)8-6-4-5-7-9-14/h10H,4-9H2,1-3H3,(H,19,20)(H2,15,16,21). The van der Waals surface area contributed by atoms with E-state index in [9.17, 15) is 19.5 Å². The summed E-state index contributed by atoms with van der Waals surface area (Å²) in [6, 6.07) is -1.31. The van der Waals surface area contributed by atoms with Crippen LogP contribution in [0.25, 0.3) is 0 Å². The average Bonchev–Trinajstić information content (AvgIpc) is 2.63. The number of carboxylic acids is 1. The number of nitrogens with one attached hydrogen (secondary N) is 2. The SMILES string of the molecule is CC(NC(=O)NC1(C(=O)O)CCCCCC1)C(=O)N(C)C. The number of rotatable bonds is 4. The largest absolute Gasteiger partial charge is 0.480 e. The summed E-state index contributed by atoms with van der Waals surface area (Å²) in [6.07, 6.45) is 4.36. The van der Waals surface area contributed by atoms with Crippen LogP contribution in [0.15, 0.2) is 0 Å². The van der Waals surface area contributed by atoms with Gasteiger partial charge in [-0.15, -0.1) is 0 Å². The van der Waals surface area contributed by atoms with E-state index in [1.54, 1.807) is 21.0 Å². The number of nitrogens with zero attached hydrogens (tertiary/aromatic N) is 1. The second kappa shape index (κ2) is 7.28. The van der Waals surface area contributed by atoms with Crippen LogP contribution in [0.4, 0.5) is 4.79 Å². The van der Waals surface area contributed by atoms with Crippen molar-refractivity contribution in [3.63, 3.8) is 0 Å². The molecule has 1 unspecified atom stereocenters. The third-order valence-corrected chi connectivity index (χ3v) is 3.88. The number of aliphatic carboxylic acids is 1. The third kappa shape index (κ3) is 4.61. The highest BCUT2D eigenvalue weighted by molar-refractivity contribution is 5.89. The molecule has 7 heteroatoms. The molecule has 0 aromatic rings. The molecule has 0 saturated heterocycles. The van der Waals surface area contributed by atoms with Gasteiger partial charge < -0.3 is 20.6 Å². The van der Waals surface area contributed by atoms with Crippen LogP contribution in [0.5, 0.6) is 0 Å². The van der Waals surface area contributed by atoms with Crippen LogP contribution in [0.2, 0.25) is 0 Å². The molecule has 1 aliphatic rings. The van der Waals surface area contributed by atoms with Gasteiger partial charge in [0.1, 0.15) is 11.6 Å². The van der Waals surface area contributed by atoms with Gasteiger partial charge in [0.15, 0.2) is 0 Å². The van der Waals surface area contributed by atoms with Gasteiger partial charge in [0.05, 0.1) is 0 Å². The van der Waals surface area contributed by atoms with E-state index in [4.69, 9.17) is 0 Å². The highest BCUT2D eigenvalue weighted by Crippen LogP contribution is 2.27. The summed E-state index contributed by atoms with van der Waals surface area (Å²) in [5.74, 6) is -1.25. The van der Waals surface area contributed by atoms with Crippen LogP contribution in [0.1, 0.15) is 45.4 Å². The molecule has 0 aliphatic heterocycles. The molecule has 1 fully saturated rings. The van der Waals surface area contributed by atoms with E-state index in [0.29, 0.717) is 12.8 Å². The molecule has 3 amide bonds. The summed E-state index contributed by atoms with van der Waals surface area (Å²) in [6.45, 7) is 1.57. The molecule has 1 aliphatic carbocycles. The lowest BCUT2D eigenvalue weighted by Crippen LogP contribution is -2.59. The molecule has 1 rings (SSSR count). The minimum absolute atomic E-state index is 0.240. The van der Waals surface area contributed by atoms with Crippen LogP contribution in [0, 0.1) is 0 Å². The Kier molecular flexibility index (Phi) is 5.99. The van der Waals surface area contributed by atoms with Crippen molar-refractivity contribution >= 4 is 17.9 Å². The molecule has 0 bridgehead atoms. The van der Waals surface area contributed by atoms with Crippen molar-refractivity contribution in [1.82, 2.24) is 15.5 Å². The molecule has 0 aromatic heterocycles. The smallest absolute Gasteiger partial charge is 0.329 e. The summed E-state index contributed by atoms with van der Waals surface area (Å²) in [5.41, 5.74) is -1.22. The van der Waals surface area contributed by atoms with Crippen molar-refractivity contribution in [3.8, 4) is 0 Å². The predicted octanol–water partition coefficient (Wildman–Crippen LogP) is 0.940. The number of carboxylic acid groups (broad SMARTS) is 1. The molecule has 0 aromatic carbocycles. The molecule has 0 spiro atoms. The summed E-state index contributed by atoms with van der Waals surface area (Å²) >= 11 is 0. The van der Waals surface area contributed by atoms with Gasteiger partial charge in [-0.2, -0.15) is 0 Å². The van der Waals surface area contributed by atoms with Gasteiger partial charge >= 0.3 is 12.0 Å². The second-order valence-corrected chi connectivity index (χ2v) is 5.85. The first kappa shape index (κ1) is 17.3. The normalized spacial score (nSPS) is 19.0. The van der Waals surface area contributed by atoms with Crippen LogP contribution in [-0.4, -0.2) is 53.6 Å².